The Morgan fingerprint density at radius 1 is 1.11 bits per heavy atom. The quantitative estimate of drug-likeness (QED) is 0.262. The molecule has 2 aromatic rings. The van der Waals surface area contributed by atoms with E-state index in [9.17, 15) is 31.5 Å². The molecule has 1 aliphatic carbocycles. The molecule has 1 amide bonds. The fourth-order valence-electron chi connectivity index (χ4n) is 4.46. The normalized spacial score (nSPS) is 17.9. The number of esters is 1. The predicted octanol–water partition coefficient (Wildman–Crippen LogP) is 7.52. The average molecular weight is 546 g/mol. The summed E-state index contributed by atoms with van der Waals surface area (Å²) < 4.78 is 72.6. The number of ether oxygens (including phenoxy) is 1. The third kappa shape index (κ3) is 7.21. The van der Waals surface area contributed by atoms with Crippen LogP contribution in [0.3, 0.4) is 0 Å². The second kappa shape index (κ2) is 11.4. The number of hydrogen-bond acceptors (Lipinski definition) is 3. The minimum Gasteiger partial charge on any atom is -0.466 e. The van der Waals surface area contributed by atoms with E-state index in [0.717, 1.165) is 6.92 Å². The van der Waals surface area contributed by atoms with Crippen LogP contribution >= 0.6 is 11.6 Å². The minimum absolute atomic E-state index is 0.111. The molecule has 1 N–H and O–H groups in total. The van der Waals surface area contributed by atoms with E-state index in [1.165, 1.54) is 36.4 Å². The topological polar surface area (TPSA) is 55.4 Å². The van der Waals surface area contributed by atoms with Gasteiger partial charge >= 0.3 is 12.1 Å². The first kappa shape index (κ1) is 28.9. The third-order valence-electron chi connectivity index (χ3n) is 6.68. The van der Waals surface area contributed by atoms with Crippen LogP contribution in [-0.2, 0) is 20.7 Å². The molecule has 1 fully saturated rings. The summed E-state index contributed by atoms with van der Waals surface area (Å²) in [4.78, 5) is 25.2. The number of rotatable bonds is 9. The first-order valence-electron chi connectivity index (χ1n) is 12.0. The zero-order valence-corrected chi connectivity index (χ0v) is 21.4. The van der Waals surface area contributed by atoms with Crippen molar-refractivity contribution in [3.63, 3.8) is 0 Å². The predicted molar refractivity (Wildman–Crippen MR) is 131 cm³/mol. The number of carbonyl (C=O) groups is 2. The maximum absolute atomic E-state index is 13.7. The molecule has 0 bridgehead atoms. The number of carbonyl (C=O) groups excluding carboxylic acids is 2. The molecule has 1 aliphatic rings. The number of nitrogens with one attached hydrogen (secondary N) is 1. The van der Waals surface area contributed by atoms with E-state index >= 15 is 0 Å². The van der Waals surface area contributed by atoms with Crippen LogP contribution in [0.1, 0.15) is 62.1 Å². The van der Waals surface area contributed by atoms with Crippen molar-refractivity contribution in [2.45, 2.75) is 64.0 Å². The summed E-state index contributed by atoms with van der Waals surface area (Å²) in [6.45, 7) is 4.53. The summed E-state index contributed by atoms with van der Waals surface area (Å²) in [6, 6.07) is 10.5. The molecule has 0 unspecified atom stereocenters. The summed E-state index contributed by atoms with van der Waals surface area (Å²) in [5.41, 5.74) is 1.47. The van der Waals surface area contributed by atoms with E-state index in [-0.39, 0.29) is 48.1 Å². The van der Waals surface area contributed by atoms with Crippen molar-refractivity contribution in [2.75, 3.05) is 11.9 Å². The van der Waals surface area contributed by atoms with Crippen LogP contribution in [0.4, 0.5) is 27.6 Å². The molecule has 3 atom stereocenters. The summed E-state index contributed by atoms with van der Waals surface area (Å²) in [7, 11) is 0. The van der Waals surface area contributed by atoms with Crippen LogP contribution < -0.4 is 5.32 Å². The van der Waals surface area contributed by atoms with Gasteiger partial charge in [0.05, 0.1) is 35.1 Å². The molecule has 0 heterocycles. The van der Waals surface area contributed by atoms with Crippen LogP contribution in [0.5, 0.6) is 0 Å². The van der Waals surface area contributed by atoms with Gasteiger partial charge in [-0.1, -0.05) is 55.8 Å². The van der Waals surface area contributed by atoms with Crippen molar-refractivity contribution in [2.24, 2.45) is 11.8 Å². The Balaban J connectivity index is 1.83. The van der Waals surface area contributed by atoms with Crippen LogP contribution in [0.15, 0.2) is 42.5 Å². The third-order valence-corrected chi connectivity index (χ3v) is 7.00. The van der Waals surface area contributed by atoms with E-state index < -0.39 is 41.7 Å². The van der Waals surface area contributed by atoms with Gasteiger partial charge in [-0.05, 0) is 48.1 Å². The number of anilines is 1. The van der Waals surface area contributed by atoms with Crippen LogP contribution in [0, 0.1) is 11.8 Å². The molecule has 3 rings (SSSR count). The Hall–Kier alpha value is -2.68. The summed E-state index contributed by atoms with van der Waals surface area (Å²) in [6.07, 6.45) is -5.00. The Kier molecular flexibility index (Phi) is 8.88. The lowest BCUT2D eigenvalue weighted by Gasteiger charge is -2.35. The zero-order chi connectivity index (χ0) is 27.5. The highest BCUT2D eigenvalue weighted by Crippen LogP contribution is 2.48. The first-order valence-corrected chi connectivity index (χ1v) is 12.4. The highest BCUT2D eigenvalue weighted by molar-refractivity contribution is 6.33. The van der Waals surface area contributed by atoms with Crippen LogP contribution in [-0.4, -0.2) is 30.6 Å². The van der Waals surface area contributed by atoms with Gasteiger partial charge in [0.15, 0.2) is 0 Å². The van der Waals surface area contributed by atoms with Gasteiger partial charge in [-0.3, -0.25) is 9.59 Å². The molecule has 0 spiro atoms. The Morgan fingerprint density at radius 3 is 2.27 bits per heavy atom. The maximum Gasteiger partial charge on any atom is 0.392 e. The fourth-order valence-corrected chi connectivity index (χ4v) is 4.62. The SMILES string of the molecule is CCOC(=O)[C@@H](C)Cc1ccc(Cl)c(NC(=O)[C@H](c2ccc(C3CC(F)(F)C3)cc2)[C@@H](C)C(F)(F)F)c1. The standard InChI is InChI=1S/C27H29ClF5NO3/c1-4-37-25(36)15(2)11-17-5-10-21(28)22(12-17)34-24(35)23(16(3)27(31,32)33)19-8-6-18(7-9-19)20-13-26(29,30)14-20/h5-10,12,15-16,20,23H,4,11,13-14H2,1-3H3,(H,34,35)/t15-,16+,23-/m0/s1. The van der Waals surface area contributed by atoms with Gasteiger partial charge in [0.2, 0.25) is 11.8 Å². The van der Waals surface area contributed by atoms with Gasteiger partial charge in [0, 0.05) is 12.8 Å². The summed E-state index contributed by atoms with van der Waals surface area (Å²) >= 11 is 6.22. The lowest BCUT2D eigenvalue weighted by atomic mass is 9.76. The lowest BCUT2D eigenvalue weighted by Crippen LogP contribution is -2.35. The number of hydrogen-bond donors (Lipinski definition) is 1. The van der Waals surface area contributed by atoms with E-state index in [4.69, 9.17) is 16.3 Å². The van der Waals surface area contributed by atoms with Crippen molar-refractivity contribution in [1.29, 1.82) is 0 Å². The van der Waals surface area contributed by atoms with Crippen molar-refractivity contribution >= 4 is 29.2 Å². The molecule has 202 valence electrons. The van der Waals surface area contributed by atoms with Crippen molar-refractivity contribution < 1.29 is 36.3 Å². The Labute approximate surface area is 217 Å². The molecular formula is C27H29ClF5NO3. The van der Waals surface area contributed by atoms with Crippen LogP contribution in [0.2, 0.25) is 5.02 Å². The smallest absolute Gasteiger partial charge is 0.392 e. The summed E-state index contributed by atoms with van der Waals surface area (Å²) in [5.74, 6) is -8.50. The molecular weight excluding hydrogens is 517 g/mol. The van der Waals surface area contributed by atoms with E-state index in [1.807, 2.05) is 0 Å². The first-order chi connectivity index (χ1) is 17.2. The van der Waals surface area contributed by atoms with Gasteiger partial charge in [0.25, 0.3) is 0 Å². The second-order valence-corrected chi connectivity index (χ2v) is 10.0. The van der Waals surface area contributed by atoms with Gasteiger partial charge in [-0.2, -0.15) is 13.2 Å². The van der Waals surface area contributed by atoms with Crippen LogP contribution in [0.25, 0.3) is 0 Å². The molecule has 0 saturated heterocycles. The molecule has 10 heteroatoms. The number of halogens is 6. The maximum atomic E-state index is 13.7. The van der Waals surface area contributed by atoms with E-state index in [2.05, 4.69) is 5.32 Å². The minimum atomic E-state index is -4.67. The van der Waals surface area contributed by atoms with Gasteiger partial charge in [-0.25, -0.2) is 8.78 Å². The highest BCUT2D eigenvalue weighted by Gasteiger charge is 2.47. The molecule has 1 saturated carbocycles. The largest absolute Gasteiger partial charge is 0.466 e. The molecule has 4 nitrogen and oxygen atoms in total. The number of benzene rings is 2. The van der Waals surface area contributed by atoms with Crippen molar-refractivity contribution in [3.05, 3.63) is 64.2 Å². The fraction of sp³-hybridized carbons (Fsp3) is 0.481. The Bertz CT molecular complexity index is 1110. The zero-order valence-electron chi connectivity index (χ0n) is 20.7. The Morgan fingerprint density at radius 2 is 1.73 bits per heavy atom. The number of amides is 1. The van der Waals surface area contributed by atoms with Gasteiger partial charge in [-0.15, -0.1) is 0 Å². The average Bonchev–Trinajstić information content (AvgIpc) is 2.79. The van der Waals surface area contributed by atoms with E-state index in [1.54, 1.807) is 19.9 Å². The van der Waals surface area contributed by atoms with Crippen molar-refractivity contribution in [1.82, 2.24) is 0 Å². The highest BCUT2D eigenvalue weighted by atomic mass is 35.5. The second-order valence-electron chi connectivity index (χ2n) is 9.60. The monoisotopic (exact) mass is 545 g/mol. The molecule has 0 aromatic heterocycles. The number of alkyl halides is 5. The molecule has 0 aliphatic heterocycles. The molecule has 37 heavy (non-hydrogen) atoms. The summed E-state index contributed by atoms with van der Waals surface area (Å²) in [5, 5.41) is 2.64. The molecule has 0 radical (unpaired) electrons. The lowest BCUT2D eigenvalue weighted by molar-refractivity contribution is -0.178. The van der Waals surface area contributed by atoms with Crippen molar-refractivity contribution in [3.8, 4) is 0 Å². The van der Waals surface area contributed by atoms with Gasteiger partial charge in [0.1, 0.15) is 0 Å². The van der Waals surface area contributed by atoms with E-state index in [0.29, 0.717) is 11.1 Å². The van der Waals surface area contributed by atoms with Gasteiger partial charge < -0.3 is 10.1 Å². The molecule has 2 aromatic carbocycles.